The molecule has 0 radical (unpaired) electrons. The lowest BCUT2D eigenvalue weighted by Crippen LogP contribution is -2.06. The summed E-state index contributed by atoms with van der Waals surface area (Å²) in [5.74, 6) is 0.0687. The van der Waals surface area contributed by atoms with Gasteiger partial charge in [-0.3, -0.25) is 10.1 Å². The van der Waals surface area contributed by atoms with Crippen LogP contribution in [0, 0.1) is 21.4 Å². The molecule has 0 aliphatic carbocycles. The number of nitriles is 1. The van der Waals surface area contributed by atoms with Crippen LogP contribution in [0.3, 0.4) is 0 Å². The number of alkyl halides is 3. The van der Waals surface area contributed by atoms with E-state index in [-0.39, 0.29) is 16.5 Å². The summed E-state index contributed by atoms with van der Waals surface area (Å²) < 4.78 is 54.8. The molecular formula is C24H16ClF3N2O5. The van der Waals surface area contributed by atoms with Gasteiger partial charge in [0.25, 0.3) is 0 Å². The first-order valence-electron chi connectivity index (χ1n) is 9.74. The first kappa shape index (κ1) is 25.4. The van der Waals surface area contributed by atoms with Gasteiger partial charge in [0.1, 0.15) is 5.75 Å². The minimum atomic E-state index is -4.77. The maximum absolute atomic E-state index is 13.0. The molecule has 0 amide bonds. The summed E-state index contributed by atoms with van der Waals surface area (Å²) in [6.07, 6.45) is -3.23. The SMILES string of the molecule is COc1ccc(/C(C#N)=C/c2cc(Cl)c(Oc3ccc(C(F)(F)F)cc3[N+](=O)[O-])c(OC)c2)cc1. The van der Waals surface area contributed by atoms with Crippen LogP contribution in [-0.4, -0.2) is 19.1 Å². The molecule has 180 valence electrons. The maximum atomic E-state index is 13.0. The lowest BCUT2D eigenvalue weighted by molar-refractivity contribution is -0.385. The molecule has 0 spiro atoms. The van der Waals surface area contributed by atoms with Crippen molar-refractivity contribution in [2.75, 3.05) is 14.2 Å². The minimum absolute atomic E-state index is 0.0446. The molecule has 0 aliphatic heterocycles. The fourth-order valence-corrected chi connectivity index (χ4v) is 3.33. The topological polar surface area (TPSA) is 94.6 Å². The summed E-state index contributed by atoms with van der Waals surface area (Å²) in [6, 6.07) is 13.7. The highest BCUT2D eigenvalue weighted by Crippen LogP contribution is 2.44. The second kappa shape index (κ2) is 10.4. The van der Waals surface area contributed by atoms with Gasteiger partial charge in [0, 0.05) is 6.07 Å². The van der Waals surface area contributed by atoms with Gasteiger partial charge in [-0.15, -0.1) is 0 Å². The molecule has 0 aliphatic rings. The van der Waals surface area contributed by atoms with Crippen LogP contribution in [0.25, 0.3) is 11.6 Å². The number of halogens is 4. The smallest absolute Gasteiger partial charge is 0.416 e. The summed E-state index contributed by atoms with van der Waals surface area (Å²) in [4.78, 5) is 10.4. The Kier molecular flexibility index (Phi) is 7.52. The monoisotopic (exact) mass is 504 g/mol. The Bertz CT molecular complexity index is 1330. The van der Waals surface area contributed by atoms with Gasteiger partial charge in [0.2, 0.25) is 5.75 Å². The number of hydrogen-bond donors (Lipinski definition) is 0. The largest absolute Gasteiger partial charge is 0.497 e. The third-order valence-corrected chi connectivity index (χ3v) is 5.06. The van der Waals surface area contributed by atoms with Crippen molar-refractivity contribution in [1.82, 2.24) is 0 Å². The molecule has 0 N–H and O–H groups in total. The summed E-state index contributed by atoms with van der Waals surface area (Å²) in [5, 5.41) is 20.9. The highest BCUT2D eigenvalue weighted by molar-refractivity contribution is 6.32. The Hall–Kier alpha value is -4.23. The number of nitrogens with zero attached hydrogens (tertiary/aromatic N) is 2. The number of allylic oxidation sites excluding steroid dienone is 1. The molecule has 0 aromatic heterocycles. The van der Waals surface area contributed by atoms with Crippen LogP contribution in [0.2, 0.25) is 5.02 Å². The fourth-order valence-electron chi connectivity index (χ4n) is 3.07. The van der Waals surface area contributed by atoms with Crippen molar-refractivity contribution in [3.63, 3.8) is 0 Å². The zero-order valence-corrected chi connectivity index (χ0v) is 19.0. The van der Waals surface area contributed by atoms with Crippen LogP contribution >= 0.6 is 11.6 Å². The van der Waals surface area contributed by atoms with E-state index in [1.807, 2.05) is 0 Å². The van der Waals surface area contributed by atoms with Gasteiger partial charge in [-0.1, -0.05) is 11.6 Å². The summed E-state index contributed by atoms with van der Waals surface area (Å²) in [5.41, 5.74) is -0.721. The molecule has 0 unspecified atom stereocenters. The molecular weight excluding hydrogens is 489 g/mol. The summed E-state index contributed by atoms with van der Waals surface area (Å²) >= 11 is 6.33. The Morgan fingerprint density at radius 3 is 2.29 bits per heavy atom. The molecule has 11 heteroatoms. The van der Waals surface area contributed by atoms with E-state index in [0.29, 0.717) is 34.6 Å². The number of nitro benzene ring substituents is 1. The van der Waals surface area contributed by atoms with E-state index in [4.69, 9.17) is 25.8 Å². The van der Waals surface area contributed by atoms with Crippen LogP contribution in [0.5, 0.6) is 23.0 Å². The Morgan fingerprint density at radius 1 is 1.06 bits per heavy atom. The van der Waals surface area contributed by atoms with Crippen molar-refractivity contribution >= 4 is 28.9 Å². The number of benzene rings is 3. The molecule has 0 heterocycles. The molecule has 0 saturated heterocycles. The van der Waals surface area contributed by atoms with Crippen molar-refractivity contribution in [3.05, 3.63) is 86.4 Å². The minimum Gasteiger partial charge on any atom is -0.497 e. The molecule has 0 saturated carbocycles. The molecule has 35 heavy (non-hydrogen) atoms. The van der Waals surface area contributed by atoms with Crippen LogP contribution in [-0.2, 0) is 6.18 Å². The van der Waals surface area contributed by atoms with Gasteiger partial charge in [-0.2, -0.15) is 18.4 Å². The van der Waals surface area contributed by atoms with Crippen molar-refractivity contribution in [2.24, 2.45) is 0 Å². The van der Waals surface area contributed by atoms with E-state index in [0.717, 1.165) is 6.07 Å². The van der Waals surface area contributed by atoms with Crippen molar-refractivity contribution < 1.29 is 32.3 Å². The third kappa shape index (κ3) is 5.83. The number of hydrogen-bond acceptors (Lipinski definition) is 6. The highest BCUT2D eigenvalue weighted by Gasteiger charge is 2.33. The van der Waals surface area contributed by atoms with Crippen LogP contribution in [0.4, 0.5) is 18.9 Å². The van der Waals surface area contributed by atoms with E-state index < -0.39 is 28.1 Å². The van der Waals surface area contributed by atoms with Gasteiger partial charge in [0.05, 0.1) is 41.4 Å². The molecule has 0 atom stereocenters. The second-order valence-corrected chi connectivity index (χ2v) is 7.38. The average molecular weight is 505 g/mol. The predicted molar refractivity (Wildman–Crippen MR) is 123 cm³/mol. The van der Waals surface area contributed by atoms with E-state index in [9.17, 15) is 28.5 Å². The molecule has 7 nitrogen and oxygen atoms in total. The van der Waals surface area contributed by atoms with E-state index in [1.54, 1.807) is 30.3 Å². The molecule has 3 aromatic rings. The fraction of sp³-hybridized carbons (Fsp3) is 0.125. The lowest BCUT2D eigenvalue weighted by Gasteiger charge is -2.14. The quantitative estimate of drug-likeness (QED) is 0.147. The number of methoxy groups -OCH3 is 2. The Balaban J connectivity index is 2.01. The maximum Gasteiger partial charge on any atom is 0.416 e. The number of nitro groups is 1. The number of ether oxygens (including phenoxy) is 3. The van der Waals surface area contributed by atoms with Gasteiger partial charge in [0.15, 0.2) is 11.5 Å². The highest BCUT2D eigenvalue weighted by atomic mass is 35.5. The molecule has 0 fully saturated rings. The van der Waals surface area contributed by atoms with Gasteiger partial charge < -0.3 is 14.2 Å². The number of rotatable bonds is 7. The zero-order chi connectivity index (χ0) is 25.8. The van der Waals surface area contributed by atoms with E-state index in [1.165, 1.54) is 26.4 Å². The average Bonchev–Trinajstić information content (AvgIpc) is 2.83. The van der Waals surface area contributed by atoms with Gasteiger partial charge in [-0.25, -0.2) is 0 Å². The second-order valence-electron chi connectivity index (χ2n) is 6.97. The van der Waals surface area contributed by atoms with Crippen molar-refractivity contribution in [1.29, 1.82) is 5.26 Å². The first-order valence-corrected chi connectivity index (χ1v) is 10.1. The standard InChI is InChI=1S/C24H16ClF3N2O5/c1-33-18-6-3-15(4-7-18)16(13-29)9-14-10-19(25)23(22(11-14)34-2)35-21-8-5-17(24(26,27)28)12-20(21)30(31)32/h3-12H,1-2H3/b16-9+. The molecule has 3 rings (SSSR count). The van der Waals surface area contributed by atoms with Crippen LogP contribution in [0.1, 0.15) is 16.7 Å². The van der Waals surface area contributed by atoms with E-state index in [2.05, 4.69) is 6.07 Å². The third-order valence-electron chi connectivity index (χ3n) is 4.78. The summed E-state index contributed by atoms with van der Waals surface area (Å²) in [6.45, 7) is 0. The normalized spacial score (nSPS) is 11.5. The molecule has 3 aromatic carbocycles. The lowest BCUT2D eigenvalue weighted by atomic mass is 10.0. The first-order chi connectivity index (χ1) is 16.6. The van der Waals surface area contributed by atoms with Crippen LogP contribution in [0.15, 0.2) is 54.6 Å². The van der Waals surface area contributed by atoms with Crippen molar-refractivity contribution in [2.45, 2.75) is 6.18 Å². The Morgan fingerprint density at radius 2 is 1.74 bits per heavy atom. The van der Waals surface area contributed by atoms with Gasteiger partial charge in [-0.05, 0) is 65.7 Å². The predicted octanol–water partition coefficient (Wildman–Crippen LogP) is 7.14. The van der Waals surface area contributed by atoms with Crippen molar-refractivity contribution in [3.8, 4) is 29.1 Å². The molecule has 0 bridgehead atoms. The zero-order valence-electron chi connectivity index (χ0n) is 18.2. The Labute approximate surface area is 202 Å². The van der Waals surface area contributed by atoms with Gasteiger partial charge >= 0.3 is 11.9 Å². The van der Waals surface area contributed by atoms with Crippen LogP contribution < -0.4 is 14.2 Å². The summed E-state index contributed by atoms with van der Waals surface area (Å²) in [7, 11) is 2.81. The van der Waals surface area contributed by atoms with E-state index >= 15 is 0 Å².